The Morgan fingerprint density at radius 2 is 1.81 bits per heavy atom. The number of rotatable bonds is 4. The topological polar surface area (TPSA) is 57.8 Å². The highest BCUT2D eigenvalue weighted by molar-refractivity contribution is 5.77. The molecule has 4 nitrogen and oxygen atoms in total. The fraction of sp³-hybridized carbons (Fsp3) is 0.176. The lowest BCUT2D eigenvalue weighted by atomic mass is 10.1. The van der Waals surface area contributed by atoms with Gasteiger partial charge in [-0.3, -0.25) is 4.79 Å². The number of H-pyrrole nitrogens is 1. The average Bonchev–Trinajstić information content (AvgIpc) is 2.53. The molecule has 3 rings (SSSR count). The maximum atomic E-state index is 12.0. The van der Waals surface area contributed by atoms with Crippen LogP contribution in [-0.4, -0.2) is 9.97 Å². The molecule has 0 bridgehead atoms. The van der Waals surface area contributed by atoms with Gasteiger partial charge in [0.15, 0.2) is 0 Å². The summed E-state index contributed by atoms with van der Waals surface area (Å²) in [7, 11) is 0. The fourth-order valence-corrected chi connectivity index (χ4v) is 2.33. The summed E-state index contributed by atoms with van der Waals surface area (Å²) in [6.07, 6.45) is 0. The molecule has 0 radical (unpaired) electrons. The zero-order chi connectivity index (χ0) is 14.7. The first kappa shape index (κ1) is 13.5. The summed E-state index contributed by atoms with van der Waals surface area (Å²) in [5.74, 6) is 0.654. The molecule has 2 aromatic carbocycles. The Bertz CT molecular complexity index is 796. The van der Waals surface area contributed by atoms with Gasteiger partial charge in [0.1, 0.15) is 5.82 Å². The molecule has 0 aliphatic rings. The molecular weight excluding hydrogens is 262 g/mol. The summed E-state index contributed by atoms with van der Waals surface area (Å²) < 4.78 is 0. The fourth-order valence-electron chi connectivity index (χ4n) is 2.33. The lowest BCUT2D eigenvalue weighted by Gasteiger charge is -2.13. The van der Waals surface area contributed by atoms with Crippen LogP contribution in [0.3, 0.4) is 0 Å². The van der Waals surface area contributed by atoms with Crippen molar-refractivity contribution < 1.29 is 0 Å². The normalized spacial score (nSPS) is 12.4. The molecule has 0 spiro atoms. The standard InChI is InChI=1S/C17H17N3O/c1-12(13-7-3-2-4-8-13)18-11-16-19-15-10-6-5-9-14(15)17(21)20-16/h2-10,12,18H,11H2,1H3,(H,19,20,21). The van der Waals surface area contributed by atoms with Gasteiger partial charge in [-0.25, -0.2) is 4.98 Å². The first-order valence-electron chi connectivity index (χ1n) is 7.00. The largest absolute Gasteiger partial charge is 0.309 e. The van der Waals surface area contributed by atoms with E-state index in [-0.39, 0.29) is 11.6 Å². The average molecular weight is 279 g/mol. The van der Waals surface area contributed by atoms with E-state index in [4.69, 9.17) is 0 Å². The molecule has 2 N–H and O–H groups in total. The third-order valence-corrected chi connectivity index (χ3v) is 3.54. The monoisotopic (exact) mass is 279 g/mol. The minimum atomic E-state index is -0.0928. The van der Waals surface area contributed by atoms with Crippen LogP contribution in [-0.2, 0) is 6.54 Å². The van der Waals surface area contributed by atoms with Crippen molar-refractivity contribution in [3.8, 4) is 0 Å². The molecule has 1 aromatic heterocycles. The van der Waals surface area contributed by atoms with Crippen molar-refractivity contribution in [3.63, 3.8) is 0 Å². The van der Waals surface area contributed by atoms with Crippen molar-refractivity contribution in [1.82, 2.24) is 15.3 Å². The van der Waals surface area contributed by atoms with Crippen LogP contribution in [0.4, 0.5) is 0 Å². The van der Waals surface area contributed by atoms with Gasteiger partial charge < -0.3 is 10.3 Å². The van der Waals surface area contributed by atoms with E-state index in [1.807, 2.05) is 36.4 Å². The number of aromatic nitrogens is 2. The smallest absolute Gasteiger partial charge is 0.258 e. The molecule has 0 saturated carbocycles. The van der Waals surface area contributed by atoms with E-state index in [0.717, 1.165) is 5.52 Å². The Balaban J connectivity index is 1.78. The van der Waals surface area contributed by atoms with E-state index in [2.05, 4.69) is 34.3 Å². The maximum absolute atomic E-state index is 12.0. The SMILES string of the molecule is CC(NCc1nc2ccccc2c(=O)[nH]1)c1ccccc1. The van der Waals surface area contributed by atoms with E-state index in [9.17, 15) is 4.79 Å². The summed E-state index contributed by atoms with van der Waals surface area (Å²) in [5.41, 5.74) is 1.84. The van der Waals surface area contributed by atoms with Crippen LogP contribution in [0.15, 0.2) is 59.4 Å². The van der Waals surface area contributed by atoms with Gasteiger partial charge >= 0.3 is 0 Å². The summed E-state index contributed by atoms with van der Waals surface area (Å²) in [5, 5.41) is 4.00. The molecular formula is C17H17N3O. The van der Waals surface area contributed by atoms with Gasteiger partial charge in [0.25, 0.3) is 5.56 Å². The molecule has 0 fully saturated rings. The predicted molar refractivity (Wildman–Crippen MR) is 84.1 cm³/mol. The second kappa shape index (κ2) is 5.89. The highest BCUT2D eigenvalue weighted by atomic mass is 16.1. The van der Waals surface area contributed by atoms with Crippen LogP contribution in [0.1, 0.15) is 24.4 Å². The highest BCUT2D eigenvalue weighted by Gasteiger charge is 2.06. The number of para-hydroxylation sites is 1. The van der Waals surface area contributed by atoms with Gasteiger partial charge in [-0.2, -0.15) is 0 Å². The van der Waals surface area contributed by atoms with E-state index in [1.54, 1.807) is 6.07 Å². The number of aromatic amines is 1. The third-order valence-electron chi connectivity index (χ3n) is 3.54. The number of benzene rings is 2. The molecule has 0 aliphatic carbocycles. The summed E-state index contributed by atoms with van der Waals surface area (Å²) in [4.78, 5) is 19.3. The molecule has 3 aromatic rings. The Kier molecular flexibility index (Phi) is 3.79. The maximum Gasteiger partial charge on any atom is 0.258 e. The molecule has 1 atom stereocenters. The van der Waals surface area contributed by atoms with E-state index < -0.39 is 0 Å². The Labute approximate surface area is 122 Å². The molecule has 0 amide bonds. The van der Waals surface area contributed by atoms with Crippen LogP contribution in [0.25, 0.3) is 10.9 Å². The van der Waals surface area contributed by atoms with Crippen LogP contribution < -0.4 is 10.9 Å². The second-order valence-electron chi connectivity index (χ2n) is 5.04. The zero-order valence-electron chi connectivity index (χ0n) is 11.8. The van der Waals surface area contributed by atoms with Crippen LogP contribution in [0.2, 0.25) is 0 Å². The van der Waals surface area contributed by atoms with Gasteiger partial charge in [0, 0.05) is 6.04 Å². The number of nitrogens with one attached hydrogen (secondary N) is 2. The van der Waals surface area contributed by atoms with Crippen molar-refractivity contribution in [2.75, 3.05) is 0 Å². The molecule has 1 heterocycles. The minimum absolute atomic E-state index is 0.0928. The van der Waals surface area contributed by atoms with Crippen LogP contribution >= 0.6 is 0 Å². The first-order chi connectivity index (χ1) is 10.2. The summed E-state index contributed by atoms with van der Waals surface area (Å²) in [6.45, 7) is 2.62. The Morgan fingerprint density at radius 3 is 2.62 bits per heavy atom. The molecule has 4 heteroatoms. The lowest BCUT2D eigenvalue weighted by Crippen LogP contribution is -2.22. The number of fused-ring (bicyclic) bond motifs is 1. The molecule has 0 aliphatic heterocycles. The molecule has 0 saturated heterocycles. The molecule has 106 valence electrons. The Hall–Kier alpha value is -2.46. The van der Waals surface area contributed by atoms with Crippen molar-refractivity contribution in [2.24, 2.45) is 0 Å². The quantitative estimate of drug-likeness (QED) is 0.772. The zero-order valence-corrected chi connectivity index (χ0v) is 11.8. The van der Waals surface area contributed by atoms with Crippen LogP contribution in [0, 0.1) is 0 Å². The van der Waals surface area contributed by atoms with E-state index in [0.29, 0.717) is 17.8 Å². The number of hydrogen-bond acceptors (Lipinski definition) is 3. The summed E-state index contributed by atoms with van der Waals surface area (Å²) >= 11 is 0. The minimum Gasteiger partial charge on any atom is -0.309 e. The van der Waals surface area contributed by atoms with Crippen molar-refractivity contribution >= 4 is 10.9 Å². The predicted octanol–water partition coefficient (Wildman–Crippen LogP) is 2.77. The van der Waals surface area contributed by atoms with Crippen molar-refractivity contribution in [2.45, 2.75) is 19.5 Å². The third kappa shape index (κ3) is 3.01. The van der Waals surface area contributed by atoms with Gasteiger partial charge in [-0.1, -0.05) is 42.5 Å². The first-order valence-corrected chi connectivity index (χ1v) is 7.00. The van der Waals surface area contributed by atoms with Crippen molar-refractivity contribution in [1.29, 1.82) is 0 Å². The van der Waals surface area contributed by atoms with Crippen molar-refractivity contribution in [3.05, 3.63) is 76.3 Å². The van der Waals surface area contributed by atoms with Crippen LogP contribution in [0.5, 0.6) is 0 Å². The van der Waals surface area contributed by atoms with E-state index in [1.165, 1.54) is 5.56 Å². The number of nitrogens with zero attached hydrogens (tertiary/aromatic N) is 1. The van der Waals surface area contributed by atoms with Gasteiger partial charge in [-0.15, -0.1) is 0 Å². The molecule has 21 heavy (non-hydrogen) atoms. The molecule has 1 unspecified atom stereocenters. The summed E-state index contributed by atoms with van der Waals surface area (Å²) in [6, 6.07) is 17.8. The van der Waals surface area contributed by atoms with Gasteiger partial charge in [0.05, 0.1) is 17.4 Å². The highest BCUT2D eigenvalue weighted by Crippen LogP contribution is 2.12. The Morgan fingerprint density at radius 1 is 1.10 bits per heavy atom. The number of hydrogen-bond donors (Lipinski definition) is 2. The lowest BCUT2D eigenvalue weighted by molar-refractivity contribution is 0.559. The van der Waals surface area contributed by atoms with Gasteiger partial charge in [0.2, 0.25) is 0 Å². The second-order valence-corrected chi connectivity index (χ2v) is 5.04. The van der Waals surface area contributed by atoms with E-state index >= 15 is 0 Å². The van der Waals surface area contributed by atoms with Gasteiger partial charge in [-0.05, 0) is 24.6 Å².